The van der Waals surface area contributed by atoms with E-state index in [0.717, 1.165) is 37.3 Å². The summed E-state index contributed by atoms with van der Waals surface area (Å²) in [5, 5.41) is 3.00. The van der Waals surface area contributed by atoms with Crippen molar-refractivity contribution in [3.05, 3.63) is 24.3 Å². The highest BCUT2D eigenvalue weighted by Crippen LogP contribution is 2.23. The van der Waals surface area contributed by atoms with E-state index in [-0.39, 0.29) is 30.4 Å². The lowest BCUT2D eigenvalue weighted by molar-refractivity contribution is -0.00522. The lowest BCUT2D eigenvalue weighted by Gasteiger charge is -2.38. The van der Waals surface area contributed by atoms with Gasteiger partial charge in [0.1, 0.15) is 5.60 Å². The first-order chi connectivity index (χ1) is 15.0. The Kier molecular flexibility index (Phi) is 7.54. The van der Waals surface area contributed by atoms with Crippen molar-refractivity contribution in [2.45, 2.75) is 71.3 Å². The Morgan fingerprint density at radius 1 is 1.09 bits per heavy atom. The number of likely N-dealkylation sites (tertiary alicyclic amines) is 1. The molecule has 32 heavy (non-hydrogen) atoms. The molecule has 0 unspecified atom stereocenters. The molecule has 3 rings (SSSR count). The van der Waals surface area contributed by atoms with Crippen molar-refractivity contribution in [3.63, 3.8) is 0 Å². The maximum Gasteiger partial charge on any atom is 0.410 e. The van der Waals surface area contributed by atoms with E-state index >= 15 is 0 Å². The van der Waals surface area contributed by atoms with Gasteiger partial charge < -0.3 is 29.5 Å². The first kappa shape index (κ1) is 24.2. The fraction of sp³-hybridized carbons (Fsp3) is 0.667. The Bertz CT molecular complexity index is 782. The molecule has 3 atom stereocenters. The first-order valence-corrected chi connectivity index (χ1v) is 11.5. The van der Waals surface area contributed by atoms with Crippen molar-refractivity contribution in [1.82, 2.24) is 9.80 Å². The minimum absolute atomic E-state index is 0.0583. The normalized spacial score (nSPS) is 24.1. The SMILES string of the molecule is C[C@@H]1CN(c2ccc(NC(=O)N3CCC[C@H](N(C)C(=O)OC(C)(C)C)C3)cc2)C[C@H](C)O1. The fourth-order valence-electron chi connectivity index (χ4n) is 4.29. The summed E-state index contributed by atoms with van der Waals surface area (Å²) in [5.41, 5.74) is 1.35. The Morgan fingerprint density at radius 2 is 1.72 bits per heavy atom. The van der Waals surface area contributed by atoms with Crippen molar-refractivity contribution in [2.75, 3.05) is 43.4 Å². The smallest absolute Gasteiger partial charge is 0.410 e. The number of benzene rings is 1. The molecule has 0 aromatic heterocycles. The van der Waals surface area contributed by atoms with Crippen LogP contribution in [0.3, 0.4) is 0 Å². The number of ether oxygens (including phenoxy) is 2. The molecule has 2 aliphatic rings. The van der Waals surface area contributed by atoms with E-state index in [4.69, 9.17) is 9.47 Å². The number of piperidine rings is 1. The molecule has 0 aliphatic carbocycles. The van der Waals surface area contributed by atoms with Gasteiger partial charge in [-0.3, -0.25) is 0 Å². The summed E-state index contributed by atoms with van der Waals surface area (Å²) in [6.07, 6.45) is 1.74. The second-order valence-corrected chi connectivity index (χ2v) is 9.97. The van der Waals surface area contributed by atoms with Crippen LogP contribution in [0.15, 0.2) is 24.3 Å². The van der Waals surface area contributed by atoms with Gasteiger partial charge in [-0.05, 0) is 71.7 Å². The number of carbonyl (C=O) groups is 2. The quantitative estimate of drug-likeness (QED) is 0.755. The van der Waals surface area contributed by atoms with Crippen LogP contribution in [0, 0.1) is 0 Å². The van der Waals surface area contributed by atoms with Crippen LogP contribution in [0.2, 0.25) is 0 Å². The number of likely N-dealkylation sites (N-methyl/N-ethyl adjacent to an activating group) is 1. The summed E-state index contributed by atoms with van der Waals surface area (Å²) in [6.45, 7) is 12.6. The number of urea groups is 1. The van der Waals surface area contributed by atoms with Crippen LogP contribution in [0.25, 0.3) is 0 Å². The lowest BCUT2D eigenvalue weighted by Crippen LogP contribution is -2.52. The van der Waals surface area contributed by atoms with Crippen molar-refractivity contribution < 1.29 is 19.1 Å². The number of nitrogens with zero attached hydrogens (tertiary/aromatic N) is 3. The molecule has 0 radical (unpaired) electrons. The molecular formula is C24H38N4O4. The van der Waals surface area contributed by atoms with E-state index < -0.39 is 5.60 Å². The molecule has 2 fully saturated rings. The maximum atomic E-state index is 12.9. The van der Waals surface area contributed by atoms with Crippen LogP contribution >= 0.6 is 0 Å². The lowest BCUT2D eigenvalue weighted by atomic mass is 10.1. The number of carbonyl (C=O) groups excluding carboxylic acids is 2. The van der Waals surface area contributed by atoms with Gasteiger partial charge in [0, 0.05) is 44.6 Å². The Labute approximate surface area is 191 Å². The molecule has 8 heteroatoms. The van der Waals surface area contributed by atoms with E-state index in [1.807, 2.05) is 45.0 Å². The highest BCUT2D eigenvalue weighted by atomic mass is 16.6. The zero-order valence-corrected chi connectivity index (χ0v) is 20.3. The number of nitrogens with one attached hydrogen (secondary N) is 1. The molecule has 0 spiro atoms. The van der Waals surface area contributed by atoms with Gasteiger partial charge in [0.2, 0.25) is 0 Å². The molecule has 1 N–H and O–H groups in total. The van der Waals surface area contributed by atoms with Crippen molar-refractivity contribution in [1.29, 1.82) is 0 Å². The fourth-order valence-corrected chi connectivity index (χ4v) is 4.29. The topological polar surface area (TPSA) is 74.4 Å². The monoisotopic (exact) mass is 446 g/mol. The molecule has 1 aromatic rings. The van der Waals surface area contributed by atoms with Gasteiger partial charge in [0.25, 0.3) is 0 Å². The molecule has 2 saturated heterocycles. The zero-order chi connectivity index (χ0) is 23.5. The summed E-state index contributed by atoms with van der Waals surface area (Å²) in [4.78, 5) is 31.0. The van der Waals surface area contributed by atoms with Crippen molar-refractivity contribution >= 4 is 23.5 Å². The summed E-state index contributed by atoms with van der Waals surface area (Å²) in [7, 11) is 1.74. The molecule has 0 saturated carbocycles. The average molecular weight is 447 g/mol. The van der Waals surface area contributed by atoms with Crippen LogP contribution in [-0.4, -0.2) is 79.0 Å². The minimum Gasteiger partial charge on any atom is -0.444 e. The van der Waals surface area contributed by atoms with Gasteiger partial charge in [-0.25, -0.2) is 9.59 Å². The van der Waals surface area contributed by atoms with Crippen LogP contribution in [-0.2, 0) is 9.47 Å². The van der Waals surface area contributed by atoms with Crippen molar-refractivity contribution in [3.8, 4) is 0 Å². The molecule has 8 nitrogen and oxygen atoms in total. The van der Waals surface area contributed by atoms with E-state index in [1.54, 1.807) is 16.8 Å². The summed E-state index contributed by atoms with van der Waals surface area (Å²) in [5.74, 6) is 0. The Morgan fingerprint density at radius 3 is 2.31 bits per heavy atom. The number of rotatable bonds is 3. The first-order valence-electron chi connectivity index (χ1n) is 11.5. The van der Waals surface area contributed by atoms with E-state index in [2.05, 4.69) is 24.1 Å². The van der Waals surface area contributed by atoms with Gasteiger partial charge in [-0.2, -0.15) is 0 Å². The zero-order valence-electron chi connectivity index (χ0n) is 20.3. The standard InChI is InChI=1S/C24H38N4O4/c1-17-14-28(15-18(2)31-17)20-11-9-19(10-12-20)25-22(29)27-13-7-8-21(16-27)26(6)23(30)32-24(3,4)5/h9-12,17-18,21H,7-8,13-16H2,1-6H3,(H,25,29)/t17-,18+,21-/m0/s1. The van der Waals surface area contributed by atoms with Crippen LogP contribution in [0.1, 0.15) is 47.5 Å². The predicted molar refractivity (Wildman–Crippen MR) is 126 cm³/mol. The van der Waals surface area contributed by atoms with E-state index in [9.17, 15) is 9.59 Å². The minimum atomic E-state index is -0.541. The summed E-state index contributed by atoms with van der Waals surface area (Å²) >= 11 is 0. The average Bonchev–Trinajstić information content (AvgIpc) is 2.72. The molecule has 0 bridgehead atoms. The molecule has 2 aliphatic heterocycles. The Hall–Kier alpha value is -2.48. The van der Waals surface area contributed by atoms with E-state index in [0.29, 0.717) is 13.1 Å². The largest absolute Gasteiger partial charge is 0.444 e. The van der Waals surface area contributed by atoms with Gasteiger partial charge in [0.15, 0.2) is 0 Å². The maximum absolute atomic E-state index is 12.9. The van der Waals surface area contributed by atoms with Gasteiger partial charge in [-0.15, -0.1) is 0 Å². The Balaban J connectivity index is 1.55. The van der Waals surface area contributed by atoms with Crippen LogP contribution in [0.5, 0.6) is 0 Å². The molecule has 1 aromatic carbocycles. The third kappa shape index (κ3) is 6.51. The predicted octanol–water partition coefficient (Wildman–Crippen LogP) is 4.16. The summed E-state index contributed by atoms with van der Waals surface area (Å²) < 4.78 is 11.3. The molecular weight excluding hydrogens is 408 g/mol. The van der Waals surface area contributed by atoms with E-state index in [1.165, 1.54) is 0 Å². The number of anilines is 2. The molecule has 3 amide bonds. The van der Waals surface area contributed by atoms with Gasteiger partial charge in [0.05, 0.1) is 18.2 Å². The van der Waals surface area contributed by atoms with Crippen molar-refractivity contribution in [2.24, 2.45) is 0 Å². The third-order valence-electron chi connectivity index (χ3n) is 5.82. The number of hydrogen-bond acceptors (Lipinski definition) is 5. The van der Waals surface area contributed by atoms with Gasteiger partial charge >= 0.3 is 12.1 Å². The third-order valence-corrected chi connectivity index (χ3v) is 5.82. The highest BCUT2D eigenvalue weighted by Gasteiger charge is 2.31. The number of morpholine rings is 1. The van der Waals surface area contributed by atoms with Gasteiger partial charge in [-0.1, -0.05) is 0 Å². The highest BCUT2D eigenvalue weighted by molar-refractivity contribution is 5.89. The molecule has 178 valence electrons. The van der Waals surface area contributed by atoms with Crippen LogP contribution < -0.4 is 10.2 Å². The summed E-state index contributed by atoms with van der Waals surface area (Å²) in [6, 6.07) is 7.75. The second-order valence-electron chi connectivity index (χ2n) is 9.97. The number of hydrogen-bond donors (Lipinski definition) is 1. The molecule has 2 heterocycles. The second kappa shape index (κ2) is 9.98. The van der Waals surface area contributed by atoms with Crippen LogP contribution in [0.4, 0.5) is 21.0 Å². The number of amides is 3.